The predicted octanol–water partition coefficient (Wildman–Crippen LogP) is 6.16. The molecule has 500 valence electrons. The standard InChI is InChI=1S/C18H23N3O2.C13H23NO4.C13H21NO4.C9H19NO2.C7H10N2.C6H10O3/c1-2-6-15-9-17(22)20(11-15)13-16-10-19-21(18(16)23)12-14-7-4-3-5-8-14;2*1-3-5-10-6-12(16)14(7-10)8-11(9-15)13(17)18-4-2;1-3-5-8(7-10)6-9(11)12-4-2;8-9-6-7-4-2-1-3-5-7;1-3-9-6(8)5(2)4-7/h3-5,7-8,10,15-16H,2,6,9,11-13H2,1H3;10-11,15H,3-9H2,1-2H3;9-11H,3-8H2,1-2H3;8H,3-7,10H2,1-2H3;1-5,9H,6,8H2;7H,2-4H2,1H3. The minimum Gasteiger partial charge on any atom is -0.466 e. The Morgan fingerprint density at radius 2 is 1.16 bits per heavy atom. The number of nitrogens with zero attached hydrogens (tertiary/aromatic N) is 5. The number of hydrogen-bond acceptors (Lipinski definition) is 19. The third-order valence-electron chi connectivity index (χ3n) is 14.7. The molecule has 0 bridgehead atoms. The van der Waals surface area contributed by atoms with Crippen LogP contribution in [0, 0.1) is 41.4 Å². The molecule has 4 amide bonds. The van der Waals surface area contributed by atoms with Crippen molar-refractivity contribution in [1.29, 1.82) is 0 Å². The van der Waals surface area contributed by atoms with Crippen molar-refractivity contribution in [1.82, 2.24) is 25.1 Å². The minimum absolute atomic E-state index is 0.0133. The summed E-state index contributed by atoms with van der Waals surface area (Å²) in [7, 11) is 0. The Morgan fingerprint density at radius 3 is 1.61 bits per heavy atom. The Labute approximate surface area is 528 Å². The van der Waals surface area contributed by atoms with Crippen LogP contribution >= 0.6 is 0 Å². The van der Waals surface area contributed by atoms with Crippen LogP contribution < -0.4 is 17.0 Å². The zero-order chi connectivity index (χ0) is 66.5. The fraction of sp³-hybridized carbons (Fsp3) is 0.636. The van der Waals surface area contributed by atoms with Crippen molar-refractivity contribution < 1.29 is 72.3 Å². The Morgan fingerprint density at radius 1 is 0.674 bits per heavy atom. The number of carbonyl (C=O) groups excluding carboxylic acids is 9. The zero-order valence-electron chi connectivity index (χ0n) is 54.4. The summed E-state index contributed by atoms with van der Waals surface area (Å²) >= 11 is 0. The second-order valence-corrected chi connectivity index (χ2v) is 22.1. The van der Waals surface area contributed by atoms with Gasteiger partial charge in [-0.3, -0.25) is 44.8 Å². The molecule has 4 heterocycles. The van der Waals surface area contributed by atoms with E-state index in [2.05, 4.69) is 49.5 Å². The highest BCUT2D eigenvalue weighted by atomic mass is 16.5. The van der Waals surface area contributed by atoms with Crippen molar-refractivity contribution >= 4 is 60.0 Å². The van der Waals surface area contributed by atoms with Gasteiger partial charge in [-0.1, -0.05) is 121 Å². The highest BCUT2D eigenvalue weighted by Gasteiger charge is 2.37. The smallest absolute Gasteiger partial charge is 0.335 e. The molecule has 7 atom stereocenters. The average molecular weight is 1250 g/mol. The van der Waals surface area contributed by atoms with E-state index >= 15 is 0 Å². The molecule has 89 heavy (non-hydrogen) atoms. The van der Waals surface area contributed by atoms with Crippen molar-refractivity contribution in [3.8, 4) is 0 Å². The maximum Gasteiger partial charge on any atom is 0.335 e. The summed E-state index contributed by atoms with van der Waals surface area (Å²) < 4.78 is 19.0. The van der Waals surface area contributed by atoms with E-state index in [4.69, 9.17) is 30.9 Å². The van der Waals surface area contributed by atoms with Crippen LogP contribution in [0.3, 0.4) is 0 Å². The minimum atomic E-state index is -0.853. The van der Waals surface area contributed by atoms with Gasteiger partial charge in [-0.05, 0) is 94.7 Å². The Bertz CT molecular complexity index is 2420. The van der Waals surface area contributed by atoms with Gasteiger partial charge >= 0.3 is 23.9 Å². The molecule has 4 aliphatic heterocycles. The van der Waals surface area contributed by atoms with E-state index in [0.29, 0.717) is 108 Å². The SMILES string of the molecule is C=C(CO)C(=O)OCC.CCCC(CN)CC(=O)OCC.CCCC1CC(=O)N(CC(C=O)C(=O)OCC)C1.CCCC1CC(=O)N(CC(CO)C(=O)OCC)C1.CCCC1CC(=O)N(CC2C=NN(Cc3ccccc3)C2=O)C1.NNCc1ccccc1. The Balaban J connectivity index is 0.000000552. The molecular formula is C66H106N8O15. The molecule has 2 aromatic carbocycles. The van der Waals surface area contributed by atoms with E-state index < -0.39 is 29.7 Å². The van der Waals surface area contributed by atoms with Crippen LogP contribution in [0.25, 0.3) is 0 Å². The molecule has 23 heteroatoms. The number of hydrazine groups is 1. The second kappa shape index (κ2) is 48.0. The first kappa shape index (κ1) is 80.1. The number of amides is 4. The molecule has 7 N–H and O–H groups in total. The number of rotatable bonds is 31. The number of hydrazone groups is 1. The number of likely N-dealkylation sites (tertiary alicyclic amines) is 3. The first-order valence-electron chi connectivity index (χ1n) is 31.7. The summed E-state index contributed by atoms with van der Waals surface area (Å²) in [6.45, 7) is 24.1. The summed E-state index contributed by atoms with van der Waals surface area (Å²) in [4.78, 5) is 109. The van der Waals surface area contributed by atoms with Gasteiger partial charge in [0.25, 0.3) is 5.91 Å². The lowest BCUT2D eigenvalue weighted by Gasteiger charge is -2.21. The van der Waals surface area contributed by atoms with Gasteiger partial charge in [0.15, 0.2) is 0 Å². The topological polar surface area (TPSA) is 320 Å². The number of hydrogen-bond donors (Lipinski definition) is 5. The van der Waals surface area contributed by atoms with Gasteiger partial charge in [0.2, 0.25) is 17.7 Å². The quantitative estimate of drug-likeness (QED) is 0.0107. The van der Waals surface area contributed by atoms with Gasteiger partial charge in [-0.15, -0.1) is 0 Å². The highest BCUT2D eigenvalue weighted by Crippen LogP contribution is 2.26. The molecule has 3 saturated heterocycles. The molecule has 7 unspecified atom stereocenters. The summed E-state index contributed by atoms with van der Waals surface area (Å²) in [5.74, 6) is 3.49. The lowest BCUT2D eigenvalue weighted by molar-refractivity contribution is -0.152. The molecule has 2 aromatic rings. The van der Waals surface area contributed by atoms with Crippen LogP contribution in [0.5, 0.6) is 0 Å². The average Bonchev–Trinajstić information content (AvgIpc) is 2.68. The number of aliphatic hydroxyl groups is 2. The molecule has 23 nitrogen and oxygen atoms in total. The van der Waals surface area contributed by atoms with Crippen molar-refractivity contribution in [2.75, 3.05) is 85.5 Å². The van der Waals surface area contributed by atoms with Gasteiger partial charge in [0.1, 0.15) is 12.2 Å². The van der Waals surface area contributed by atoms with Crippen LogP contribution in [-0.2, 0) is 75.2 Å². The Hall–Kier alpha value is -6.92. The van der Waals surface area contributed by atoms with Crippen molar-refractivity contribution in [3.05, 3.63) is 83.9 Å². The number of aliphatic hydroxyl groups excluding tert-OH is 2. The molecule has 0 spiro atoms. The number of nitrogens with one attached hydrogen (secondary N) is 1. The number of nitrogens with two attached hydrogens (primary N) is 2. The molecule has 4 aliphatic rings. The highest BCUT2D eigenvalue weighted by molar-refractivity contribution is 5.98. The summed E-state index contributed by atoms with van der Waals surface area (Å²) in [5.41, 5.74) is 10.4. The van der Waals surface area contributed by atoms with Gasteiger partial charge in [-0.25, -0.2) is 9.80 Å². The lowest BCUT2D eigenvalue weighted by atomic mass is 10.0. The predicted molar refractivity (Wildman–Crippen MR) is 340 cm³/mol. The Kier molecular flexibility index (Phi) is 43.2. The maximum absolute atomic E-state index is 12.5. The molecule has 0 radical (unpaired) electrons. The molecule has 0 aliphatic carbocycles. The second-order valence-electron chi connectivity index (χ2n) is 22.1. The van der Waals surface area contributed by atoms with Crippen LogP contribution in [0.4, 0.5) is 0 Å². The number of aldehydes is 1. The summed E-state index contributed by atoms with van der Waals surface area (Å²) in [6.07, 6.45) is 12.8. The van der Waals surface area contributed by atoms with Crippen LogP contribution in [0.1, 0.15) is 144 Å². The zero-order valence-corrected chi connectivity index (χ0v) is 54.4. The van der Waals surface area contributed by atoms with Crippen LogP contribution in [0.15, 0.2) is 77.9 Å². The maximum atomic E-state index is 12.5. The molecule has 0 aromatic heterocycles. The van der Waals surface area contributed by atoms with Gasteiger partial charge in [-0.2, -0.15) is 5.10 Å². The fourth-order valence-electron chi connectivity index (χ4n) is 10.2. The first-order chi connectivity index (χ1) is 42.8. The number of carbonyl (C=O) groups is 9. The van der Waals surface area contributed by atoms with E-state index in [1.807, 2.05) is 72.5 Å². The van der Waals surface area contributed by atoms with Crippen LogP contribution in [-0.4, -0.2) is 175 Å². The largest absolute Gasteiger partial charge is 0.466 e. The number of esters is 4. The summed E-state index contributed by atoms with van der Waals surface area (Å²) in [6, 6.07) is 19.8. The number of benzene rings is 2. The molecular weight excluding hydrogens is 1140 g/mol. The van der Waals surface area contributed by atoms with Gasteiger partial charge in [0.05, 0.1) is 63.6 Å². The van der Waals surface area contributed by atoms with Crippen molar-refractivity contribution in [2.45, 2.75) is 146 Å². The van der Waals surface area contributed by atoms with Gasteiger partial charge in [0, 0.05) is 77.7 Å². The van der Waals surface area contributed by atoms with E-state index in [1.165, 1.54) is 10.6 Å². The fourth-order valence-corrected chi connectivity index (χ4v) is 10.2. The third kappa shape index (κ3) is 32.4. The number of ether oxygens (including phenoxy) is 4. The van der Waals surface area contributed by atoms with E-state index in [0.717, 1.165) is 70.0 Å². The third-order valence-corrected chi connectivity index (χ3v) is 14.7. The van der Waals surface area contributed by atoms with E-state index in [-0.39, 0.29) is 74.0 Å². The molecule has 3 fully saturated rings. The van der Waals surface area contributed by atoms with E-state index in [9.17, 15) is 48.3 Å². The molecule has 0 saturated carbocycles. The first-order valence-corrected chi connectivity index (χ1v) is 31.7. The van der Waals surface area contributed by atoms with Crippen LogP contribution in [0.2, 0.25) is 0 Å². The normalized spacial score (nSPS) is 18.2. The lowest BCUT2D eigenvalue weighted by Crippen LogP contribution is -2.37. The van der Waals surface area contributed by atoms with E-state index in [1.54, 1.807) is 36.8 Å². The monoisotopic (exact) mass is 1250 g/mol. The summed E-state index contributed by atoms with van der Waals surface area (Å²) in [5, 5.41) is 23.3. The van der Waals surface area contributed by atoms with Gasteiger partial charge < -0.3 is 54.4 Å². The van der Waals surface area contributed by atoms with Crippen molar-refractivity contribution in [2.24, 2.45) is 58.1 Å². The molecule has 6 rings (SSSR count). The van der Waals surface area contributed by atoms with Crippen molar-refractivity contribution in [3.63, 3.8) is 0 Å².